The van der Waals surface area contributed by atoms with Gasteiger partial charge in [-0.3, -0.25) is 4.79 Å². The van der Waals surface area contributed by atoms with Crippen molar-refractivity contribution in [3.05, 3.63) is 0 Å². The summed E-state index contributed by atoms with van der Waals surface area (Å²) in [7, 11) is 0. The van der Waals surface area contributed by atoms with Crippen LogP contribution in [0.2, 0.25) is 0 Å². The maximum absolute atomic E-state index is 12.5. The number of nitrogens with zero attached hydrogens (tertiary/aromatic N) is 1. The van der Waals surface area contributed by atoms with Crippen LogP contribution in [0.3, 0.4) is 0 Å². The summed E-state index contributed by atoms with van der Waals surface area (Å²) in [5, 5.41) is 2.64. The van der Waals surface area contributed by atoms with Crippen molar-refractivity contribution < 1.29 is 14.3 Å². The van der Waals surface area contributed by atoms with Gasteiger partial charge >= 0.3 is 6.09 Å². The summed E-state index contributed by atoms with van der Waals surface area (Å²) in [4.78, 5) is 26.2. The fourth-order valence-corrected chi connectivity index (χ4v) is 3.17. The Hall–Kier alpha value is -1.26. The van der Waals surface area contributed by atoms with E-state index in [-0.39, 0.29) is 11.9 Å². The van der Waals surface area contributed by atoms with Crippen LogP contribution < -0.4 is 5.32 Å². The summed E-state index contributed by atoms with van der Waals surface area (Å²) in [5.41, 5.74) is -0.0261. The second kappa shape index (κ2) is 5.50. The number of rotatable bonds is 2. The Morgan fingerprint density at radius 3 is 2.38 bits per heavy atom. The van der Waals surface area contributed by atoms with Crippen molar-refractivity contribution in [2.75, 3.05) is 6.54 Å². The lowest BCUT2D eigenvalue weighted by Crippen LogP contribution is -2.53. The molecule has 2 fully saturated rings. The minimum atomic E-state index is -0.552. The number of alkyl carbamates (subject to hydrolysis) is 1. The molecule has 1 heterocycles. The molecule has 120 valence electrons. The zero-order valence-corrected chi connectivity index (χ0v) is 13.9. The van der Waals surface area contributed by atoms with Gasteiger partial charge in [0, 0.05) is 12.6 Å². The summed E-state index contributed by atoms with van der Waals surface area (Å²) in [5.74, 6) is -0.0103. The van der Waals surface area contributed by atoms with Crippen LogP contribution in [0.5, 0.6) is 0 Å². The van der Waals surface area contributed by atoms with E-state index in [0.717, 1.165) is 19.4 Å². The number of ether oxygens (including phenoxy) is 1. The lowest BCUT2D eigenvalue weighted by atomic mass is 9.88. The highest BCUT2D eigenvalue weighted by molar-refractivity contribution is 5.85. The molecule has 21 heavy (non-hydrogen) atoms. The summed E-state index contributed by atoms with van der Waals surface area (Å²) < 4.78 is 5.19. The van der Waals surface area contributed by atoms with E-state index in [4.69, 9.17) is 4.74 Å². The van der Waals surface area contributed by atoms with E-state index in [1.54, 1.807) is 27.7 Å². The molecular weight excluding hydrogens is 268 g/mol. The number of carbonyl (C=O) groups excluding carboxylic acids is 2. The second-order valence-corrected chi connectivity index (χ2v) is 7.70. The molecule has 0 radical (unpaired) electrons. The van der Waals surface area contributed by atoms with Crippen molar-refractivity contribution in [1.29, 1.82) is 0 Å². The van der Waals surface area contributed by atoms with Crippen LogP contribution in [0.25, 0.3) is 0 Å². The van der Waals surface area contributed by atoms with Crippen LogP contribution in [0.15, 0.2) is 0 Å². The van der Waals surface area contributed by atoms with Crippen molar-refractivity contribution >= 4 is 12.0 Å². The highest BCUT2D eigenvalue weighted by Crippen LogP contribution is 2.55. The summed E-state index contributed by atoms with van der Waals surface area (Å²) in [6.07, 6.45) is 4.28. The van der Waals surface area contributed by atoms with E-state index >= 15 is 0 Å². The normalized spacial score (nSPS) is 25.4. The van der Waals surface area contributed by atoms with Crippen LogP contribution in [-0.2, 0) is 9.53 Å². The van der Waals surface area contributed by atoms with E-state index in [1.807, 2.05) is 4.90 Å². The zero-order chi connectivity index (χ0) is 15.8. The molecule has 0 aromatic carbocycles. The van der Waals surface area contributed by atoms with Gasteiger partial charge in [0.2, 0.25) is 5.91 Å². The van der Waals surface area contributed by atoms with Gasteiger partial charge in [-0.15, -0.1) is 0 Å². The van der Waals surface area contributed by atoms with E-state index in [9.17, 15) is 9.59 Å². The molecule has 0 bridgehead atoms. The number of nitrogens with one attached hydrogen (secondary N) is 1. The fraction of sp³-hybridized carbons (Fsp3) is 0.875. The summed E-state index contributed by atoms with van der Waals surface area (Å²) in [6.45, 7) is 10.1. The Bertz CT molecular complexity index is 424. The van der Waals surface area contributed by atoms with E-state index in [0.29, 0.717) is 5.41 Å². The van der Waals surface area contributed by atoms with Gasteiger partial charge in [0.15, 0.2) is 0 Å². The third-order valence-corrected chi connectivity index (χ3v) is 4.49. The van der Waals surface area contributed by atoms with Crippen molar-refractivity contribution in [3.8, 4) is 0 Å². The smallest absolute Gasteiger partial charge is 0.408 e. The molecule has 2 aliphatic rings. The monoisotopic (exact) mass is 296 g/mol. The van der Waals surface area contributed by atoms with Crippen molar-refractivity contribution in [2.24, 2.45) is 5.41 Å². The van der Waals surface area contributed by atoms with Crippen molar-refractivity contribution in [3.63, 3.8) is 0 Å². The molecule has 0 aromatic rings. The Morgan fingerprint density at radius 2 is 1.90 bits per heavy atom. The molecule has 1 spiro atoms. The molecule has 0 aromatic heterocycles. The molecule has 1 saturated carbocycles. The SMILES string of the molecule is CC1CC2(CCN1C(=O)[C@@H](C)NC(=O)OC(C)(C)C)CC2. The average molecular weight is 296 g/mol. The van der Waals surface area contributed by atoms with Gasteiger partial charge in [-0.05, 0) is 65.7 Å². The van der Waals surface area contributed by atoms with Gasteiger partial charge in [0.05, 0.1) is 0 Å². The predicted octanol–water partition coefficient (Wildman–Crippen LogP) is 2.69. The van der Waals surface area contributed by atoms with Gasteiger partial charge in [-0.1, -0.05) is 0 Å². The fourth-order valence-electron chi connectivity index (χ4n) is 3.17. The molecule has 5 nitrogen and oxygen atoms in total. The topological polar surface area (TPSA) is 58.6 Å². The molecule has 1 saturated heterocycles. The standard InChI is InChI=1S/C16H28N2O3/c1-11-10-16(6-7-16)8-9-18(11)13(19)12(2)17-14(20)21-15(3,4)5/h11-12H,6-10H2,1-5H3,(H,17,20)/t11?,12-/m1/s1. The predicted molar refractivity (Wildman–Crippen MR) is 80.9 cm³/mol. The van der Waals surface area contributed by atoms with E-state index < -0.39 is 17.7 Å². The molecule has 1 aliphatic carbocycles. The number of piperidine rings is 1. The molecule has 2 amide bonds. The molecule has 2 atom stereocenters. The van der Waals surface area contributed by atoms with Gasteiger partial charge in [-0.2, -0.15) is 0 Å². The first-order valence-electron chi connectivity index (χ1n) is 7.92. The number of amides is 2. The molecule has 1 unspecified atom stereocenters. The third-order valence-electron chi connectivity index (χ3n) is 4.49. The van der Waals surface area contributed by atoms with Crippen molar-refractivity contribution in [2.45, 2.75) is 78.0 Å². The maximum Gasteiger partial charge on any atom is 0.408 e. The number of hydrogen-bond donors (Lipinski definition) is 1. The molecule has 5 heteroatoms. The molecule has 1 N–H and O–H groups in total. The number of carbonyl (C=O) groups is 2. The number of likely N-dealkylation sites (tertiary alicyclic amines) is 1. The van der Waals surface area contributed by atoms with Gasteiger partial charge in [-0.25, -0.2) is 4.79 Å². The van der Waals surface area contributed by atoms with Gasteiger partial charge in [0.1, 0.15) is 11.6 Å². The van der Waals surface area contributed by atoms with Crippen LogP contribution in [0.1, 0.15) is 60.3 Å². The van der Waals surface area contributed by atoms with Crippen molar-refractivity contribution in [1.82, 2.24) is 10.2 Å². The van der Waals surface area contributed by atoms with Crippen LogP contribution in [0, 0.1) is 5.41 Å². The van der Waals surface area contributed by atoms with Gasteiger partial charge < -0.3 is 15.0 Å². The van der Waals surface area contributed by atoms with Crippen LogP contribution in [-0.4, -0.2) is 41.1 Å². The van der Waals surface area contributed by atoms with Gasteiger partial charge in [0.25, 0.3) is 0 Å². The minimum absolute atomic E-state index is 0.0103. The Labute approximate surface area is 127 Å². The summed E-state index contributed by atoms with van der Waals surface area (Å²) >= 11 is 0. The molecule has 1 aliphatic heterocycles. The first kappa shape index (κ1) is 16.1. The van der Waals surface area contributed by atoms with Crippen LogP contribution >= 0.6 is 0 Å². The first-order valence-corrected chi connectivity index (χ1v) is 7.92. The van der Waals surface area contributed by atoms with E-state index in [2.05, 4.69) is 12.2 Å². The Morgan fingerprint density at radius 1 is 1.29 bits per heavy atom. The Balaban J connectivity index is 1.86. The third kappa shape index (κ3) is 4.11. The Kier molecular flexibility index (Phi) is 4.22. The largest absolute Gasteiger partial charge is 0.444 e. The highest BCUT2D eigenvalue weighted by atomic mass is 16.6. The minimum Gasteiger partial charge on any atom is -0.444 e. The van der Waals surface area contributed by atoms with Crippen LogP contribution in [0.4, 0.5) is 4.79 Å². The molecule has 2 rings (SSSR count). The second-order valence-electron chi connectivity index (χ2n) is 7.70. The first-order chi connectivity index (χ1) is 9.62. The number of hydrogen-bond acceptors (Lipinski definition) is 3. The zero-order valence-electron chi connectivity index (χ0n) is 13.9. The maximum atomic E-state index is 12.5. The lowest BCUT2D eigenvalue weighted by Gasteiger charge is -2.39. The quantitative estimate of drug-likeness (QED) is 0.852. The average Bonchev–Trinajstić information content (AvgIpc) is 3.05. The summed E-state index contributed by atoms with van der Waals surface area (Å²) in [6, 6.07) is -0.285. The molecular formula is C16H28N2O3. The highest BCUT2D eigenvalue weighted by Gasteiger charge is 2.48. The lowest BCUT2D eigenvalue weighted by molar-refractivity contribution is -0.137. The van der Waals surface area contributed by atoms with E-state index in [1.165, 1.54) is 12.8 Å².